The van der Waals surface area contributed by atoms with Crippen molar-refractivity contribution < 1.29 is 4.42 Å². The summed E-state index contributed by atoms with van der Waals surface area (Å²) in [6.45, 7) is 5.14. The van der Waals surface area contributed by atoms with Gasteiger partial charge in [0.05, 0.1) is 12.3 Å². The Kier molecular flexibility index (Phi) is 3.93. The van der Waals surface area contributed by atoms with Crippen LogP contribution in [0.15, 0.2) is 35.5 Å². The monoisotopic (exact) mass is 234 g/mol. The van der Waals surface area contributed by atoms with Crippen LogP contribution in [-0.4, -0.2) is 20.8 Å². The van der Waals surface area contributed by atoms with Crippen LogP contribution in [0.3, 0.4) is 0 Å². The van der Waals surface area contributed by atoms with Gasteiger partial charge in [-0.3, -0.25) is 4.68 Å². The summed E-state index contributed by atoms with van der Waals surface area (Å²) < 4.78 is 7.20. The molecule has 0 aliphatic heterocycles. The van der Waals surface area contributed by atoms with Gasteiger partial charge < -0.3 is 9.73 Å². The minimum atomic E-state index is 0.232. The van der Waals surface area contributed by atoms with Gasteiger partial charge in [0.1, 0.15) is 18.4 Å². The molecule has 2 heterocycles. The Morgan fingerprint density at radius 2 is 2.35 bits per heavy atom. The van der Waals surface area contributed by atoms with E-state index in [1.54, 1.807) is 18.9 Å². The Morgan fingerprint density at radius 3 is 3.00 bits per heavy atom. The SMILES string of the molecule is C[C@@H](CCn1cncn1)N[C@H](C)c1ccco1. The third-order valence-electron chi connectivity index (χ3n) is 2.76. The number of furan rings is 1. The highest BCUT2D eigenvalue weighted by Crippen LogP contribution is 2.13. The van der Waals surface area contributed by atoms with E-state index >= 15 is 0 Å². The van der Waals surface area contributed by atoms with E-state index in [0.29, 0.717) is 6.04 Å². The van der Waals surface area contributed by atoms with E-state index in [4.69, 9.17) is 4.42 Å². The second-order valence-electron chi connectivity index (χ2n) is 4.25. The Labute approximate surface area is 101 Å². The average molecular weight is 234 g/mol. The van der Waals surface area contributed by atoms with Crippen LogP contribution < -0.4 is 5.32 Å². The molecule has 0 amide bonds. The van der Waals surface area contributed by atoms with Crippen LogP contribution in [0.5, 0.6) is 0 Å². The topological polar surface area (TPSA) is 55.9 Å². The predicted molar refractivity (Wildman–Crippen MR) is 64.4 cm³/mol. The van der Waals surface area contributed by atoms with Gasteiger partial charge in [-0.2, -0.15) is 5.10 Å². The third-order valence-corrected chi connectivity index (χ3v) is 2.76. The van der Waals surface area contributed by atoms with Gasteiger partial charge in [0.15, 0.2) is 0 Å². The molecule has 0 bridgehead atoms. The lowest BCUT2D eigenvalue weighted by molar-refractivity contribution is 0.374. The van der Waals surface area contributed by atoms with Crippen molar-refractivity contribution >= 4 is 0 Å². The fraction of sp³-hybridized carbons (Fsp3) is 0.500. The maximum atomic E-state index is 5.36. The Bertz CT molecular complexity index is 410. The molecule has 0 fully saturated rings. The Balaban J connectivity index is 1.75. The third kappa shape index (κ3) is 3.42. The number of hydrogen-bond acceptors (Lipinski definition) is 4. The summed E-state index contributed by atoms with van der Waals surface area (Å²) in [6.07, 6.45) is 6.01. The molecule has 5 nitrogen and oxygen atoms in total. The molecule has 0 aliphatic carbocycles. The van der Waals surface area contributed by atoms with Crippen LogP contribution >= 0.6 is 0 Å². The van der Waals surface area contributed by atoms with E-state index in [9.17, 15) is 0 Å². The highest BCUT2D eigenvalue weighted by atomic mass is 16.3. The molecule has 2 rings (SSSR count). The summed E-state index contributed by atoms with van der Waals surface area (Å²) in [5.41, 5.74) is 0. The van der Waals surface area contributed by atoms with E-state index < -0.39 is 0 Å². The molecule has 5 heteroatoms. The van der Waals surface area contributed by atoms with Crippen LogP contribution in [0.4, 0.5) is 0 Å². The maximum Gasteiger partial charge on any atom is 0.137 e. The average Bonchev–Trinajstić information content (AvgIpc) is 2.99. The molecule has 0 radical (unpaired) electrons. The quantitative estimate of drug-likeness (QED) is 0.830. The van der Waals surface area contributed by atoms with Crippen molar-refractivity contribution in [2.75, 3.05) is 0 Å². The molecular weight excluding hydrogens is 216 g/mol. The van der Waals surface area contributed by atoms with Crippen LogP contribution in [0.1, 0.15) is 32.1 Å². The molecule has 17 heavy (non-hydrogen) atoms. The number of nitrogens with zero attached hydrogens (tertiary/aromatic N) is 3. The summed E-state index contributed by atoms with van der Waals surface area (Å²) in [6, 6.07) is 4.53. The van der Waals surface area contributed by atoms with Gasteiger partial charge in [0.25, 0.3) is 0 Å². The minimum absolute atomic E-state index is 0.232. The fourth-order valence-electron chi connectivity index (χ4n) is 1.80. The van der Waals surface area contributed by atoms with Crippen molar-refractivity contribution in [3.05, 3.63) is 36.8 Å². The normalized spacial score (nSPS) is 14.7. The summed E-state index contributed by atoms with van der Waals surface area (Å²) in [7, 11) is 0. The van der Waals surface area contributed by atoms with Gasteiger partial charge in [-0.25, -0.2) is 4.98 Å². The molecule has 1 N–H and O–H groups in total. The molecule has 2 atom stereocenters. The molecule has 0 saturated carbocycles. The van der Waals surface area contributed by atoms with Gasteiger partial charge in [-0.15, -0.1) is 0 Å². The number of aromatic nitrogens is 3. The highest BCUT2D eigenvalue weighted by molar-refractivity contribution is 5.03. The lowest BCUT2D eigenvalue weighted by Crippen LogP contribution is -2.29. The largest absolute Gasteiger partial charge is 0.468 e. The van der Waals surface area contributed by atoms with Gasteiger partial charge in [-0.1, -0.05) is 0 Å². The molecule has 0 saturated heterocycles. The van der Waals surface area contributed by atoms with Crippen molar-refractivity contribution in [2.24, 2.45) is 0 Å². The molecule has 2 aromatic rings. The highest BCUT2D eigenvalue weighted by Gasteiger charge is 2.11. The molecule has 92 valence electrons. The smallest absolute Gasteiger partial charge is 0.137 e. The first-order chi connectivity index (χ1) is 8.25. The predicted octanol–water partition coefficient (Wildman–Crippen LogP) is 2.00. The zero-order chi connectivity index (χ0) is 12.1. The van der Waals surface area contributed by atoms with Crippen LogP contribution in [-0.2, 0) is 6.54 Å². The lowest BCUT2D eigenvalue weighted by atomic mass is 10.2. The maximum absolute atomic E-state index is 5.36. The van der Waals surface area contributed by atoms with Crippen LogP contribution in [0.25, 0.3) is 0 Å². The van der Waals surface area contributed by atoms with Gasteiger partial charge in [0, 0.05) is 12.6 Å². The number of hydrogen-bond donors (Lipinski definition) is 1. The van der Waals surface area contributed by atoms with Crippen LogP contribution in [0, 0.1) is 0 Å². The summed E-state index contributed by atoms with van der Waals surface area (Å²) in [5.74, 6) is 0.970. The van der Waals surface area contributed by atoms with Crippen molar-refractivity contribution in [3.8, 4) is 0 Å². The standard InChI is InChI=1S/C12H18N4O/c1-10(5-6-16-9-13-8-14-16)15-11(2)12-4-3-7-17-12/h3-4,7-11,15H,5-6H2,1-2H3/t10-,11+/m0/s1. The molecule has 0 aliphatic rings. The van der Waals surface area contributed by atoms with Gasteiger partial charge >= 0.3 is 0 Å². The number of rotatable bonds is 6. The summed E-state index contributed by atoms with van der Waals surface area (Å²) in [5, 5.41) is 7.57. The number of nitrogens with one attached hydrogen (secondary N) is 1. The van der Waals surface area contributed by atoms with E-state index in [2.05, 4.69) is 29.2 Å². The molecule has 0 spiro atoms. The van der Waals surface area contributed by atoms with Crippen molar-refractivity contribution in [3.63, 3.8) is 0 Å². The van der Waals surface area contributed by atoms with Gasteiger partial charge in [-0.05, 0) is 32.4 Å². The number of aryl methyl sites for hydroxylation is 1. The second-order valence-corrected chi connectivity index (χ2v) is 4.25. The fourth-order valence-corrected chi connectivity index (χ4v) is 1.80. The Hall–Kier alpha value is -1.62. The zero-order valence-electron chi connectivity index (χ0n) is 10.2. The summed E-state index contributed by atoms with van der Waals surface area (Å²) >= 11 is 0. The van der Waals surface area contributed by atoms with Gasteiger partial charge in [0.2, 0.25) is 0 Å². The minimum Gasteiger partial charge on any atom is -0.468 e. The molecule has 2 aromatic heterocycles. The molecule has 0 aromatic carbocycles. The van der Waals surface area contributed by atoms with Crippen LogP contribution in [0.2, 0.25) is 0 Å². The van der Waals surface area contributed by atoms with E-state index in [1.165, 1.54) is 0 Å². The van der Waals surface area contributed by atoms with Crippen molar-refractivity contribution in [1.29, 1.82) is 0 Å². The first-order valence-electron chi connectivity index (χ1n) is 5.87. The van der Waals surface area contributed by atoms with E-state index in [-0.39, 0.29) is 6.04 Å². The first-order valence-corrected chi connectivity index (χ1v) is 5.87. The Morgan fingerprint density at radius 1 is 1.47 bits per heavy atom. The second kappa shape index (κ2) is 5.63. The molecular formula is C12H18N4O. The zero-order valence-corrected chi connectivity index (χ0v) is 10.2. The first kappa shape index (κ1) is 11.9. The van der Waals surface area contributed by atoms with E-state index in [0.717, 1.165) is 18.7 Å². The summed E-state index contributed by atoms with van der Waals surface area (Å²) in [4.78, 5) is 3.92. The van der Waals surface area contributed by atoms with Crippen molar-refractivity contribution in [2.45, 2.75) is 38.9 Å². The lowest BCUT2D eigenvalue weighted by Gasteiger charge is -2.18. The van der Waals surface area contributed by atoms with Crippen molar-refractivity contribution in [1.82, 2.24) is 20.1 Å². The molecule has 0 unspecified atom stereocenters. The van der Waals surface area contributed by atoms with E-state index in [1.807, 2.05) is 16.8 Å².